The van der Waals surface area contributed by atoms with Crippen molar-refractivity contribution < 1.29 is 4.74 Å². The van der Waals surface area contributed by atoms with E-state index in [1.54, 1.807) is 7.11 Å². The van der Waals surface area contributed by atoms with Gasteiger partial charge < -0.3 is 15.5 Å². The third-order valence-electron chi connectivity index (χ3n) is 4.28. The fraction of sp³-hybridized carbons (Fsp3) is 0.733. The number of rotatable bonds is 4. The van der Waals surface area contributed by atoms with Crippen LogP contribution in [-0.4, -0.2) is 17.1 Å². The molecule has 0 aromatic carbocycles. The Morgan fingerprint density at radius 1 is 1.30 bits per heavy atom. The molecule has 112 valence electrons. The first-order chi connectivity index (χ1) is 9.63. The number of ether oxygens (including phenoxy) is 1. The average molecular weight is 279 g/mol. The Labute approximate surface area is 119 Å². The molecule has 0 unspecified atom stereocenters. The molecular formula is C15H25N3O2. The van der Waals surface area contributed by atoms with Crippen LogP contribution in [0.4, 0.5) is 5.82 Å². The molecule has 0 atom stereocenters. The van der Waals surface area contributed by atoms with Gasteiger partial charge in [0.05, 0.1) is 5.56 Å². The topological polar surface area (TPSA) is 81.0 Å². The van der Waals surface area contributed by atoms with Crippen molar-refractivity contribution in [1.82, 2.24) is 9.97 Å². The van der Waals surface area contributed by atoms with Gasteiger partial charge in [-0.3, -0.25) is 4.79 Å². The zero-order valence-corrected chi connectivity index (χ0v) is 12.5. The largest absolute Gasteiger partial charge is 0.383 e. The number of methoxy groups -OCH3 is 1. The zero-order valence-electron chi connectivity index (χ0n) is 12.5. The van der Waals surface area contributed by atoms with Crippen LogP contribution >= 0.6 is 0 Å². The first-order valence-electron chi connectivity index (χ1n) is 7.57. The normalized spacial score (nSPS) is 18.7. The predicted octanol–water partition coefficient (Wildman–Crippen LogP) is 2.50. The molecular weight excluding hydrogens is 254 g/mol. The molecule has 5 heteroatoms. The van der Waals surface area contributed by atoms with Crippen LogP contribution in [0.25, 0.3) is 0 Å². The molecule has 3 N–H and O–H groups in total. The van der Waals surface area contributed by atoms with Crippen molar-refractivity contribution in [2.75, 3.05) is 12.8 Å². The van der Waals surface area contributed by atoms with Gasteiger partial charge in [-0.05, 0) is 19.3 Å². The minimum Gasteiger partial charge on any atom is -0.383 e. The van der Waals surface area contributed by atoms with Crippen molar-refractivity contribution >= 4 is 5.82 Å². The molecule has 0 radical (unpaired) electrons. The Kier molecular flexibility index (Phi) is 4.81. The molecule has 1 saturated carbocycles. The van der Waals surface area contributed by atoms with Crippen molar-refractivity contribution in [2.45, 2.75) is 63.9 Å². The van der Waals surface area contributed by atoms with Gasteiger partial charge in [-0.1, -0.05) is 39.0 Å². The number of aromatic amines is 1. The fourth-order valence-electron chi connectivity index (χ4n) is 3.06. The van der Waals surface area contributed by atoms with Crippen molar-refractivity contribution in [3.63, 3.8) is 0 Å². The van der Waals surface area contributed by atoms with Gasteiger partial charge in [0, 0.05) is 7.11 Å². The molecule has 1 aromatic heterocycles. The Morgan fingerprint density at radius 3 is 2.45 bits per heavy atom. The number of aromatic nitrogens is 2. The molecule has 0 spiro atoms. The fourth-order valence-corrected chi connectivity index (χ4v) is 3.06. The standard InChI is InChI=1S/C15H25N3O2/c1-3-8-11-12(16)17-14(18-13(11)19)15(20-2)9-6-4-5-7-10-15/h3-10H2,1-2H3,(H3,16,17,18,19). The van der Waals surface area contributed by atoms with E-state index in [4.69, 9.17) is 10.5 Å². The van der Waals surface area contributed by atoms with E-state index in [0.29, 0.717) is 23.6 Å². The maximum Gasteiger partial charge on any atom is 0.256 e. The number of anilines is 1. The van der Waals surface area contributed by atoms with E-state index in [0.717, 1.165) is 32.1 Å². The van der Waals surface area contributed by atoms with E-state index in [9.17, 15) is 4.79 Å². The van der Waals surface area contributed by atoms with E-state index in [2.05, 4.69) is 9.97 Å². The summed E-state index contributed by atoms with van der Waals surface area (Å²) < 4.78 is 5.77. The van der Waals surface area contributed by atoms with E-state index < -0.39 is 5.60 Å². The SMILES string of the molecule is CCCc1c(N)nc(C2(OC)CCCCCC2)[nH]c1=O. The summed E-state index contributed by atoms with van der Waals surface area (Å²) in [5.74, 6) is 0.954. The third kappa shape index (κ3) is 2.87. The van der Waals surface area contributed by atoms with E-state index in [-0.39, 0.29) is 5.56 Å². The van der Waals surface area contributed by atoms with Gasteiger partial charge in [0.25, 0.3) is 5.56 Å². The lowest BCUT2D eigenvalue weighted by atomic mass is 9.93. The number of nitrogens with zero attached hydrogens (tertiary/aromatic N) is 1. The lowest BCUT2D eigenvalue weighted by molar-refractivity contribution is -0.0352. The molecule has 0 amide bonds. The van der Waals surface area contributed by atoms with Gasteiger partial charge in [0.15, 0.2) is 0 Å². The minimum absolute atomic E-state index is 0.116. The Balaban J connectivity index is 2.42. The van der Waals surface area contributed by atoms with Crippen molar-refractivity contribution in [3.8, 4) is 0 Å². The monoisotopic (exact) mass is 279 g/mol. The molecule has 0 aliphatic heterocycles. The number of hydrogen-bond donors (Lipinski definition) is 2. The molecule has 1 fully saturated rings. The van der Waals surface area contributed by atoms with E-state index >= 15 is 0 Å². The smallest absolute Gasteiger partial charge is 0.256 e. The van der Waals surface area contributed by atoms with Gasteiger partial charge in [-0.25, -0.2) is 4.98 Å². The average Bonchev–Trinajstić information content (AvgIpc) is 2.69. The van der Waals surface area contributed by atoms with Crippen LogP contribution < -0.4 is 11.3 Å². The molecule has 1 heterocycles. The van der Waals surface area contributed by atoms with Gasteiger partial charge >= 0.3 is 0 Å². The predicted molar refractivity (Wildman–Crippen MR) is 79.7 cm³/mol. The van der Waals surface area contributed by atoms with Crippen LogP contribution in [0, 0.1) is 0 Å². The summed E-state index contributed by atoms with van der Waals surface area (Å²) in [6, 6.07) is 0. The molecule has 20 heavy (non-hydrogen) atoms. The summed E-state index contributed by atoms with van der Waals surface area (Å²) in [5.41, 5.74) is 5.98. The highest BCUT2D eigenvalue weighted by atomic mass is 16.5. The maximum absolute atomic E-state index is 12.2. The van der Waals surface area contributed by atoms with Crippen LogP contribution in [-0.2, 0) is 16.8 Å². The van der Waals surface area contributed by atoms with E-state index in [1.165, 1.54) is 12.8 Å². The lowest BCUT2D eigenvalue weighted by Gasteiger charge is -2.30. The molecule has 1 aromatic rings. The molecule has 0 saturated heterocycles. The number of nitrogen functional groups attached to an aromatic ring is 1. The Morgan fingerprint density at radius 2 is 1.95 bits per heavy atom. The first-order valence-corrected chi connectivity index (χ1v) is 7.57. The summed E-state index contributed by atoms with van der Waals surface area (Å²) >= 11 is 0. The summed E-state index contributed by atoms with van der Waals surface area (Å²) in [5, 5.41) is 0. The maximum atomic E-state index is 12.2. The lowest BCUT2D eigenvalue weighted by Crippen LogP contribution is -2.34. The molecule has 0 bridgehead atoms. The first kappa shape index (κ1) is 15.0. The second kappa shape index (κ2) is 6.39. The highest BCUT2D eigenvalue weighted by molar-refractivity contribution is 5.38. The van der Waals surface area contributed by atoms with Crippen molar-refractivity contribution in [1.29, 1.82) is 0 Å². The third-order valence-corrected chi connectivity index (χ3v) is 4.28. The summed E-state index contributed by atoms with van der Waals surface area (Å²) in [6.07, 6.45) is 7.91. The van der Waals surface area contributed by atoms with Crippen LogP contribution in [0.3, 0.4) is 0 Å². The van der Waals surface area contributed by atoms with Crippen molar-refractivity contribution in [3.05, 3.63) is 21.7 Å². The molecule has 1 aliphatic rings. The zero-order chi connectivity index (χ0) is 14.6. The highest BCUT2D eigenvalue weighted by Gasteiger charge is 2.35. The van der Waals surface area contributed by atoms with Gasteiger partial charge in [-0.2, -0.15) is 0 Å². The number of H-pyrrole nitrogens is 1. The van der Waals surface area contributed by atoms with Crippen LogP contribution in [0.5, 0.6) is 0 Å². The van der Waals surface area contributed by atoms with Crippen molar-refractivity contribution in [2.24, 2.45) is 0 Å². The van der Waals surface area contributed by atoms with Crippen LogP contribution in [0.15, 0.2) is 4.79 Å². The number of nitrogens with two attached hydrogens (primary N) is 1. The number of hydrogen-bond acceptors (Lipinski definition) is 4. The van der Waals surface area contributed by atoms with Gasteiger partial charge in [0.1, 0.15) is 17.2 Å². The van der Waals surface area contributed by atoms with Gasteiger partial charge in [0.2, 0.25) is 0 Å². The van der Waals surface area contributed by atoms with Crippen LogP contribution in [0.1, 0.15) is 63.3 Å². The summed E-state index contributed by atoms with van der Waals surface area (Å²) in [6.45, 7) is 2.02. The highest BCUT2D eigenvalue weighted by Crippen LogP contribution is 2.37. The second-order valence-electron chi connectivity index (χ2n) is 5.64. The second-order valence-corrected chi connectivity index (χ2v) is 5.64. The number of nitrogens with one attached hydrogen (secondary N) is 1. The minimum atomic E-state index is -0.478. The molecule has 2 rings (SSSR count). The van der Waals surface area contributed by atoms with E-state index in [1.807, 2.05) is 6.92 Å². The molecule has 5 nitrogen and oxygen atoms in total. The quantitative estimate of drug-likeness (QED) is 0.830. The summed E-state index contributed by atoms with van der Waals surface area (Å²) in [7, 11) is 1.70. The summed E-state index contributed by atoms with van der Waals surface area (Å²) in [4.78, 5) is 19.6. The molecule has 1 aliphatic carbocycles. The Hall–Kier alpha value is -1.36. The van der Waals surface area contributed by atoms with Crippen LogP contribution in [0.2, 0.25) is 0 Å². The Bertz CT molecular complexity index is 502. The van der Waals surface area contributed by atoms with Gasteiger partial charge in [-0.15, -0.1) is 0 Å².